The van der Waals surface area contributed by atoms with E-state index in [0.717, 1.165) is 11.3 Å². The van der Waals surface area contributed by atoms with Crippen molar-refractivity contribution >= 4 is 41.9 Å². The van der Waals surface area contributed by atoms with Gasteiger partial charge in [0.15, 0.2) is 0 Å². The summed E-state index contributed by atoms with van der Waals surface area (Å²) in [5, 5.41) is 9.96. The van der Waals surface area contributed by atoms with E-state index < -0.39 is 10.0 Å². The van der Waals surface area contributed by atoms with Gasteiger partial charge in [0, 0.05) is 36.7 Å². The fourth-order valence-electron chi connectivity index (χ4n) is 3.51. The third-order valence-corrected chi connectivity index (χ3v) is 8.02. The van der Waals surface area contributed by atoms with Crippen LogP contribution in [0.2, 0.25) is 5.02 Å². The first-order chi connectivity index (χ1) is 14.8. The molecule has 0 bridgehead atoms. The Morgan fingerprint density at radius 2 is 2.03 bits per heavy atom. The lowest BCUT2D eigenvalue weighted by Gasteiger charge is -2.32. The smallest absolute Gasteiger partial charge is 0.213 e. The normalized spacial score (nSPS) is 16.4. The molecule has 1 aliphatic heterocycles. The minimum Gasteiger partial charge on any atom is -0.363 e. The zero-order chi connectivity index (χ0) is 23.2. The molecule has 0 aliphatic carbocycles. The minimum atomic E-state index is -3.28. The van der Waals surface area contributed by atoms with Crippen molar-refractivity contribution in [3.63, 3.8) is 0 Å². The third-order valence-electron chi connectivity index (χ3n) is 5.21. The summed E-state index contributed by atoms with van der Waals surface area (Å²) in [6, 6.07) is 12.0. The van der Waals surface area contributed by atoms with E-state index in [1.165, 1.54) is 10.4 Å². The first-order valence-electron chi connectivity index (χ1n) is 10.2. The van der Waals surface area contributed by atoms with E-state index >= 15 is 0 Å². The van der Waals surface area contributed by atoms with Gasteiger partial charge in [0.25, 0.3) is 0 Å². The quantitative estimate of drug-likeness (QED) is 0.574. The highest BCUT2D eigenvalue weighted by Gasteiger charge is 2.34. The Morgan fingerprint density at radius 3 is 2.65 bits per heavy atom. The lowest BCUT2D eigenvalue weighted by molar-refractivity contribution is 0.469. The van der Waals surface area contributed by atoms with Crippen LogP contribution in [0.15, 0.2) is 36.4 Å². The number of halogens is 2. The van der Waals surface area contributed by atoms with Gasteiger partial charge in [0.05, 0.1) is 16.3 Å². The lowest BCUT2D eigenvalue weighted by atomic mass is 10.1. The van der Waals surface area contributed by atoms with Crippen LogP contribution >= 0.6 is 20.8 Å². The standard InChI is InChI=1S/C20H22ClFN3O2PS.C2H6/c1-2-29(26,27)24-9-8-17(13-24)25(12-15-4-3-5-19(22)20(15)28)16-7-6-14(11-23)18(21)10-16;1-2/h3-7,10,17H,2,8-9,12-13,28H2,1H3;1-2H3. The number of hydrogen-bond donors (Lipinski definition) is 0. The van der Waals surface area contributed by atoms with Crippen molar-refractivity contribution in [1.29, 1.82) is 5.26 Å². The SMILES string of the molecule is CC.CCS(=O)(=O)N1CCC(N(Cc2cccc(F)c2P)c2ccc(C#N)c(Cl)c2)C1. The molecular weight excluding hydrogens is 456 g/mol. The Hall–Kier alpha value is -1.71. The maximum atomic E-state index is 14.1. The summed E-state index contributed by atoms with van der Waals surface area (Å²) in [4.78, 5) is 2.04. The highest BCUT2D eigenvalue weighted by Crippen LogP contribution is 2.30. The first kappa shape index (κ1) is 25.5. The molecule has 1 fully saturated rings. The Labute approximate surface area is 192 Å². The highest BCUT2D eigenvalue weighted by molar-refractivity contribution is 7.89. The molecule has 0 radical (unpaired) electrons. The van der Waals surface area contributed by atoms with E-state index in [9.17, 15) is 12.8 Å². The molecular formula is C22H28ClFN3O2PS. The second-order valence-electron chi connectivity index (χ2n) is 6.92. The van der Waals surface area contributed by atoms with Crippen molar-refractivity contribution in [2.75, 3.05) is 23.7 Å². The van der Waals surface area contributed by atoms with Gasteiger partial charge in [-0.05, 0) is 43.2 Å². The number of hydrogen-bond acceptors (Lipinski definition) is 4. The van der Waals surface area contributed by atoms with Crippen molar-refractivity contribution < 1.29 is 12.8 Å². The van der Waals surface area contributed by atoms with Crippen LogP contribution in [0.25, 0.3) is 0 Å². The predicted molar refractivity (Wildman–Crippen MR) is 129 cm³/mol. The van der Waals surface area contributed by atoms with Crippen LogP contribution in [0.5, 0.6) is 0 Å². The summed E-state index contributed by atoms with van der Waals surface area (Å²) in [6.45, 7) is 6.82. The molecule has 5 nitrogen and oxygen atoms in total. The summed E-state index contributed by atoms with van der Waals surface area (Å²) in [6.07, 6.45) is 0.651. The number of rotatable bonds is 6. The molecule has 0 N–H and O–H groups in total. The number of nitriles is 1. The number of sulfonamides is 1. The summed E-state index contributed by atoms with van der Waals surface area (Å²) >= 11 is 6.24. The average Bonchev–Trinajstić information content (AvgIpc) is 3.27. The number of nitrogens with zero attached hydrogens (tertiary/aromatic N) is 3. The van der Waals surface area contributed by atoms with Gasteiger partial charge < -0.3 is 4.90 Å². The van der Waals surface area contributed by atoms with E-state index in [2.05, 4.69) is 9.24 Å². The zero-order valence-corrected chi connectivity index (χ0v) is 20.7. The van der Waals surface area contributed by atoms with E-state index in [0.29, 0.717) is 41.9 Å². The average molecular weight is 484 g/mol. The lowest BCUT2D eigenvalue weighted by Crippen LogP contribution is -2.39. The maximum Gasteiger partial charge on any atom is 0.213 e. The molecule has 168 valence electrons. The zero-order valence-electron chi connectivity index (χ0n) is 18.0. The Balaban J connectivity index is 0.00000166. The maximum absolute atomic E-state index is 14.1. The first-order valence-corrected chi connectivity index (χ1v) is 12.8. The van der Waals surface area contributed by atoms with E-state index in [1.807, 2.05) is 30.9 Å². The largest absolute Gasteiger partial charge is 0.363 e. The van der Waals surface area contributed by atoms with E-state index in [1.54, 1.807) is 31.2 Å². The Morgan fingerprint density at radius 1 is 1.32 bits per heavy atom. The van der Waals surface area contributed by atoms with Crippen LogP contribution in [-0.2, 0) is 16.6 Å². The van der Waals surface area contributed by atoms with Gasteiger partial charge in [0.2, 0.25) is 10.0 Å². The second kappa shape index (κ2) is 11.2. The second-order valence-corrected chi connectivity index (χ2v) is 10.2. The van der Waals surface area contributed by atoms with Crippen LogP contribution in [0.3, 0.4) is 0 Å². The molecule has 0 amide bonds. The van der Waals surface area contributed by atoms with Crippen LogP contribution in [-0.4, -0.2) is 37.6 Å². The molecule has 1 heterocycles. The van der Waals surface area contributed by atoms with Gasteiger partial charge in [-0.2, -0.15) is 9.57 Å². The molecule has 2 aromatic carbocycles. The van der Waals surface area contributed by atoms with Gasteiger partial charge in [-0.25, -0.2) is 12.8 Å². The van der Waals surface area contributed by atoms with Gasteiger partial charge >= 0.3 is 0 Å². The van der Waals surface area contributed by atoms with E-state index in [-0.39, 0.29) is 17.6 Å². The third kappa shape index (κ3) is 5.96. The van der Waals surface area contributed by atoms with Crippen molar-refractivity contribution in [3.05, 3.63) is 58.4 Å². The summed E-state index contributed by atoms with van der Waals surface area (Å²) in [5.74, 6) is -0.255. The van der Waals surface area contributed by atoms with E-state index in [4.69, 9.17) is 16.9 Å². The highest BCUT2D eigenvalue weighted by atomic mass is 35.5. The monoisotopic (exact) mass is 483 g/mol. The van der Waals surface area contributed by atoms with Crippen molar-refractivity contribution in [2.24, 2.45) is 0 Å². The van der Waals surface area contributed by atoms with Crippen molar-refractivity contribution in [3.8, 4) is 6.07 Å². The topological polar surface area (TPSA) is 64.4 Å². The molecule has 1 aliphatic rings. The minimum absolute atomic E-state index is 0.0576. The molecule has 31 heavy (non-hydrogen) atoms. The predicted octanol–water partition coefficient (Wildman–Crippen LogP) is 4.31. The van der Waals surface area contributed by atoms with Gasteiger partial charge in [-0.3, -0.25) is 0 Å². The van der Waals surface area contributed by atoms with Crippen molar-refractivity contribution in [2.45, 2.75) is 39.8 Å². The molecule has 2 atom stereocenters. The van der Waals surface area contributed by atoms with Gasteiger partial charge in [0.1, 0.15) is 11.9 Å². The summed E-state index contributed by atoms with van der Waals surface area (Å²) < 4.78 is 40.2. The number of anilines is 1. The fraction of sp³-hybridized carbons (Fsp3) is 0.409. The molecule has 3 rings (SSSR count). The van der Waals surface area contributed by atoms with Crippen molar-refractivity contribution in [1.82, 2.24) is 4.31 Å². The molecule has 0 aromatic heterocycles. The molecule has 1 saturated heterocycles. The van der Waals surface area contributed by atoms with Gasteiger partial charge in [-0.1, -0.05) is 37.6 Å². The molecule has 2 aromatic rings. The molecule has 0 saturated carbocycles. The van der Waals surface area contributed by atoms with Gasteiger partial charge in [-0.15, -0.1) is 9.24 Å². The Bertz CT molecular complexity index is 1060. The van der Waals surface area contributed by atoms with Crippen LogP contribution < -0.4 is 10.2 Å². The summed E-state index contributed by atoms with van der Waals surface area (Å²) in [7, 11) is -0.848. The fourth-order valence-corrected chi connectivity index (χ4v) is 5.16. The molecule has 2 unspecified atom stereocenters. The van der Waals surface area contributed by atoms with Crippen LogP contribution in [0, 0.1) is 17.1 Å². The van der Waals surface area contributed by atoms with Crippen LogP contribution in [0.4, 0.5) is 10.1 Å². The molecule has 9 heteroatoms. The Kier molecular flexibility index (Phi) is 9.27. The number of benzene rings is 2. The summed E-state index contributed by atoms with van der Waals surface area (Å²) in [5.41, 5.74) is 1.92. The molecule has 0 spiro atoms. The van der Waals surface area contributed by atoms with Crippen LogP contribution in [0.1, 0.15) is 38.3 Å².